The average molecular weight is 244 g/mol. The lowest BCUT2D eigenvalue weighted by Gasteiger charge is -2.29. The summed E-state index contributed by atoms with van der Waals surface area (Å²) in [5, 5.41) is 9.22. The van der Waals surface area contributed by atoms with Crippen LogP contribution in [0.4, 0.5) is 5.69 Å². The fraction of sp³-hybridized carbons (Fsp3) is 0.467. The van der Waals surface area contributed by atoms with Gasteiger partial charge in [-0.3, -0.25) is 4.79 Å². The van der Waals surface area contributed by atoms with Crippen LogP contribution < -0.4 is 4.90 Å². The molecule has 1 unspecified atom stereocenters. The van der Waals surface area contributed by atoms with Crippen molar-refractivity contribution >= 4 is 11.6 Å². The fourth-order valence-electron chi connectivity index (χ4n) is 1.87. The summed E-state index contributed by atoms with van der Waals surface area (Å²) in [5.74, 6) is -0.121. The fourth-order valence-corrected chi connectivity index (χ4v) is 1.87. The predicted octanol–water partition coefficient (Wildman–Crippen LogP) is 3.29. The number of carbonyl (C=O) groups is 1. The summed E-state index contributed by atoms with van der Waals surface area (Å²) in [6, 6.07) is 9.89. The van der Waals surface area contributed by atoms with E-state index in [1.165, 1.54) is 0 Å². The predicted molar refractivity (Wildman–Crippen MR) is 73.2 cm³/mol. The number of rotatable bonds is 4. The summed E-state index contributed by atoms with van der Waals surface area (Å²) in [6.45, 7) is 8.04. The number of amides is 1. The molecule has 1 amide bonds. The van der Waals surface area contributed by atoms with Gasteiger partial charge >= 0.3 is 0 Å². The van der Waals surface area contributed by atoms with Gasteiger partial charge in [-0.1, -0.05) is 25.1 Å². The molecular weight excluding hydrogens is 224 g/mol. The zero-order valence-corrected chi connectivity index (χ0v) is 11.5. The third kappa shape index (κ3) is 2.53. The van der Waals surface area contributed by atoms with Crippen molar-refractivity contribution in [2.45, 2.75) is 34.1 Å². The number of anilines is 1. The van der Waals surface area contributed by atoms with Crippen LogP contribution in [-0.2, 0) is 4.79 Å². The van der Waals surface area contributed by atoms with Crippen molar-refractivity contribution in [3.63, 3.8) is 0 Å². The number of aryl methyl sites for hydroxylation is 1. The van der Waals surface area contributed by atoms with Crippen LogP contribution in [0.5, 0.6) is 0 Å². The average Bonchev–Trinajstić information content (AvgIpc) is 2.40. The second-order valence-corrected chi connectivity index (χ2v) is 4.63. The smallest absolute Gasteiger partial charge is 0.247 e. The minimum absolute atomic E-state index is 0.121. The van der Waals surface area contributed by atoms with E-state index in [9.17, 15) is 10.1 Å². The molecule has 1 aromatic rings. The molecule has 0 heterocycles. The van der Waals surface area contributed by atoms with Gasteiger partial charge in [-0.2, -0.15) is 5.26 Å². The largest absolute Gasteiger partial charge is 0.311 e. The Bertz CT molecular complexity index is 476. The number of hydrogen-bond acceptors (Lipinski definition) is 2. The lowest BCUT2D eigenvalue weighted by atomic mass is 9.87. The van der Waals surface area contributed by atoms with Crippen LogP contribution in [0.3, 0.4) is 0 Å². The molecule has 3 nitrogen and oxygen atoms in total. The molecule has 0 saturated carbocycles. The maximum atomic E-state index is 12.5. The molecule has 0 fully saturated rings. The molecule has 0 aliphatic rings. The second kappa shape index (κ2) is 5.68. The van der Waals surface area contributed by atoms with Crippen molar-refractivity contribution in [3.8, 4) is 6.07 Å². The van der Waals surface area contributed by atoms with Crippen LogP contribution >= 0.6 is 0 Å². The molecule has 0 aliphatic heterocycles. The SMILES string of the molecule is CCN(C(=O)C(C)(C#N)CC)c1ccccc1C. The number of para-hydroxylation sites is 1. The zero-order chi connectivity index (χ0) is 13.8. The normalized spacial score (nSPS) is 13.5. The quantitative estimate of drug-likeness (QED) is 0.815. The first-order valence-corrected chi connectivity index (χ1v) is 6.29. The van der Waals surface area contributed by atoms with Crippen molar-refractivity contribution in [1.82, 2.24) is 0 Å². The molecule has 1 rings (SSSR count). The number of hydrogen-bond donors (Lipinski definition) is 0. The lowest BCUT2D eigenvalue weighted by molar-refractivity contribution is -0.124. The molecule has 3 heteroatoms. The van der Waals surface area contributed by atoms with E-state index in [0.29, 0.717) is 13.0 Å². The molecular formula is C15H20N2O. The van der Waals surface area contributed by atoms with Gasteiger partial charge in [0, 0.05) is 12.2 Å². The Morgan fingerprint density at radius 3 is 2.44 bits per heavy atom. The van der Waals surface area contributed by atoms with Gasteiger partial charge in [-0.25, -0.2) is 0 Å². The third-order valence-corrected chi connectivity index (χ3v) is 3.39. The number of nitrogens with zero attached hydrogens (tertiary/aromatic N) is 2. The lowest BCUT2D eigenvalue weighted by Crippen LogP contribution is -2.42. The first-order chi connectivity index (χ1) is 8.50. The summed E-state index contributed by atoms with van der Waals surface area (Å²) < 4.78 is 0. The number of benzene rings is 1. The van der Waals surface area contributed by atoms with Crippen LogP contribution in [0.15, 0.2) is 24.3 Å². The highest BCUT2D eigenvalue weighted by molar-refractivity contribution is 5.99. The maximum absolute atomic E-state index is 12.5. The van der Waals surface area contributed by atoms with Crippen LogP contribution in [0.2, 0.25) is 0 Å². The van der Waals surface area contributed by atoms with Crippen LogP contribution in [0, 0.1) is 23.7 Å². The molecule has 18 heavy (non-hydrogen) atoms. The summed E-state index contributed by atoms with van der Waals surface area (Å²) in [6.07, 6.45) is 0.519. The van der Waals surface area contributed by atoms with E-state index in [1.54, 1.807) is 11.8 Å². The first-order valence-electron chi connectivity index (χ1n) is 6.29. The van der Waals surface area contributed by atoms with E-state index >= 15 is 0 Å². The summed E-state index contributed by atoms with van der Waals surface area (Å²) in [5.41, 5.74) is 0.988. The molecule has 0 aromatic heterocycles. The van der Waals surface area contributed by atoms with Gasteiger partial charge in [-0.15, -0.1) is 0 Å². The monoisotopic (exact) mass is 244 g/mol. The van der Waals surface area contributed by atoms with Crippen LogP contribution in [0.1, 0.15) is 32.8 Å². The van der Waals surface area contributed by atoms with Gasteiger partial charge < -0.3 is 4.90 Å². The van der Waals surface area contributed by atoms with E-state index < -0.39 is 5.41 Å². The molecule has 1 atom stereocenters. The van der Waals surface area contributed by atoms with Gasteiger partial charge in [0.1, 0.15) is 5.41 Å². The number of nitriles is 1. The highest BCUT2D eigenvalue weighted by Crippen LogP contribution is 2.28. The van der Waals surface area contributed by atoms with Gasteiger partial charge in [0.25, 0.3) is 0 Å². The topological polar surface area (TPSA) is 44.1 Å². The van der Waals surface area contributed by atoms with E-state index in [-0.39, 0.29) is 5.91 Å². The van der Waals surface area contributed by atoms with Crippen molar-refractivity contribution in [1.29, 1.82) is 5.26 Å². The molecule has 0 bridgehead atoms. The van der Waals surface area contributed by atoms with Crippen molar-refractivity contribution in [2.24, 2.45) is 5.41 Å². The second-order valence-electron chi connectivity index (χ2n) is 4.63. The molecule has 0 radical (unpaired) electrons. The van der Waals surface area contributed by atoms with Gasteiger partial charge in [0.2, 0.25) is 5.91 Å². The van der Waals surface area contributed by atoms with E-state index in [1.807, 2.05) is 45.0 Å². The van der Waals surface area contributed by atoms with Gasteiger partial charge in [0.05, 0.1) is 6.07 Å². The highest BCUT2D eigenvalue weighted by Gasteiger charge is 2.35. The minimum Gasteiger partial charge on any atom is -0.311 e. The van der Waals surface area contributed by atoms with E-state index in [2.05, 4.69) is 6.07 Å². The zero-order valence-electron chi connectivity index (χ0n) is 11.5. The Hall–Kier alpha value is -1.82. The Labute approximate surface area is 109 Å². The number of carbonyl (C=O) groups excluding carboxylic acids is 1. The third-order valence-electron chi connectivity index (χ3n) is 3.39. The van der Waals surface area contributed by atoms with Crippen molar-refractivity contribution in [2.75, 3.05) is 11.4 Å². The van der Waals surface area contributed by atoms with Crippen LogP contribution in [-0.4, -0.2) is 12.5 Å². The first kappa shape index (κ1) is 14.2. The molecule has 0 N–H and O–H groups in total. The van der Waals surface area contributed by atoms with E-state index in [0.717, 1.165) is 11.3 Å². The Morgan fingerprint density at radius 2 is 2.00 bits per heavy atom. The molecule has 0 saturated heterocycles. The Morgan fingerprint density at radius 1 is 1.39 bits per heavy atom. The van der Waals surface area contributed by atoms with E-state index in [4.69, 9.17) is 0 Å². The van der Waals surface area contributed by atoms with Crippen molar-refractivity contribution in [3.05, 3.63) is 29.8 Å². The molecule has 0 aliphatic carbocycles. The standard InChI is InChI=1S/C15H20N2O/c1-5-15(4,11-16)14(18)17(6-2)13-10-8-7-9-12(13)3/h7-10H,5-6H2,1-4H3. The summed E-state index contributed by atoms with van der Waals surface area (Å²) >= 11 is 0. The maximum Gasteiger partial charge on any atom is 0.247 e. The Kier molecular flexibility index (Phi) is 4.49. The van der Waals surface area contributed by atoms with Crippen molar-refractivity contribution < 1.29 is 4.79 Å². The minimum atomic E-state index is -0.946. The van der Waals surface area contributed by atoms with Gasteiger partial charge in [-0.05, 0) is 38.8 Å². The molecule has 0 spiro atoms. The Balaban J connectivity index is 3.17. The summed E-state index contributed by atoms with van der Waals surface area (Å²) in [4.78, 5) is 14.2. The molecule has 96 valence electrons. The highest BCUT2D eigenvalue weighted by atomic mass is 16.2. The molecule has 1 aromatic carbocycles. The summed E-state index contributed by atoms with van der Waals surface area (Å²) in [7, 11) is 0. The van der Waals surface area contributed by atoms with Crippen LogP contribution in [0.25, 0.3) is 0 Å². The van der Waals surface area contributed by atoms with Gasteiger partial charge in [0.15, 0.2) is 0 Å².